The second-order valence-electron chi connectivity index (χ2n) is 7.80. The lowest BCUT2D eigenvalue weighted by atomic mass is 9.88. The molecular formula is C22H26N2O6S2. The van der Waals surface area contributed by atoms with Crippen molar-refractivity contribution in [3.63, 3.8) is 0 Å². The van der Waals surface area contributed by atoms with Crippen LogP contribution in [0.2, 0.25) is 0 Å². The Bertz CT molecular complexity index is 1110. The normalized spacial score (nSPS) is 15.5. The number of hydrogen-bond acceptors (Lipinski definition) is 7. The summed E-state index contributed by atoms with van der Waals surface area (Å²) in [5.74, 6) is -1.93. The van der Waals surface area contributed by atoms with Crippen molar-refractivity contribution in [1.29, 1.82) is 0 Å². The van der Waals surface area contributed by atoms with Crippen LogP contribution >= 0.6 is 11.3 Å². The minimum absolute atomic E-state index is 0.112. The quantitative estimate of drug-likeness (QED) is 0.630. The van der Waals surface area contributed by atoms with E-state index in [4.69, 9.17) is 4.74 Å². The van der Waals surface area contributed by atoms with Gasteiger partial charge in [0.1, 0.15) is 10.8 Å². The molecule has 2 N–H and O–H groups in total. The van der Waals surface area contributed by atoms with Crippen molar-refractivity contribution in [3.05, 3.63) is 51.9 Å². The predicted octanol–water partition coefficient (Wildman–Crippen LogP) is 3.31. The van der Waals surface area contributed by atoms with Gasteiger partial charge in [-0.3, -0.25) is 14.9 Å². The summed E-state index contributed by atoms with van der Waals surface area (Å²) in [7, 11) is -3.71. The third-order valence-electron chi connectivity index (χ3n) is 5.06. The number of imide groups is 1. The van der Waals surface area contributed by atoms with Gasteiger partial charge in [0.15, 0.2) is 9.84 Å². The molecule has 3 amide bonds. The smallest absolute Gasteiger partial charge is 0.414 e. The lowest BCUT2D eigenvalue weighted by Gasteiger charge is -2.18. The summed E-state index contributed by atoms with van der Waals surface area (Å²) in [6.45, 7) is 3.84. The Morgan fingerprint density at radius 2 is 1.91 bits per heavy atom. The molecular weight excluding hydrogens is 452 g/mol. The first-order chi connectivity index (χ1) is 15.2. The van der Waals surface area contributed by atoms with Crippen molar-refractivity contribution < 1.29 is 27.5 Å². The summed E-state index contributed by atoms with van der Waals surface area (Å²) in [4.78, 5) is 38.1. The zero-order valence-electron chi connectivity index (χ0n) is 18.0. The summed E-state index contributed by atoms with van der Waals surface area (Å²) in [5, 5.41) is 5.03. The summed E-state index contributed by atoms with van der Waals surface area (Å²) in [6.07, 6.45) is 1.40. The Labute approximate surface area is 191 Å². The number of nitrogens with one attached hydrogen (secondary N) is 2. The molecule has 1 aromatic carbocycles. The van der Waals surface area contributed by atoms with Crippen LogP contribution in [0, 0.1) is 5.92 Å². The number of fused-ring (bicyclic) bond motifs is 1. The van der Waals surface area contributed by atoms with Crippen LogP contribution in [0.1, 0.15) is 46.6 Å². The van der Waals surface area contributed by atoms with E-state index in [0.717, 1.165) is 23.3 Å². The maximum absolute atomic E-state index is 12.8. The van der Waals surface area contributed by atoms with Crippen LogP contribution in [-0.4, -0.2) is 38.7 Å². The lowest BCUT2D eigenvalue weighted by molar-refractivity contribution is -0.113. The highest BCUT2D eigenvalue weighted by molar-refractivity contribution is 7.91. The van der Waals surface area contributed by atoms with Crippen LogP contribution < -0.4 is 10.6 Å². The summed E-state index contributed by atoms with van der Waals surface area (Å²) in [5.41, 5.74) is 1.59. The molecule has 3 rings (SSSR count). The van der Waals surface area contributed by atoms with E-state index in [2.05, 4.69) is 17.6 Å². The topological polar surface area (TPSA) is 119 Å². The molecule has 1 atom stereocenters. The fourth-order valence-corrected chi connectivity index (χ4v) is 6.34. The van der Waals surface area contributed by atoms with Crippen LogP contribution in [0.15, 0.2) is 30.3 Å². The molecule has 32 heavy (non-hydrogen) atoms. The zero-order chi connectivity index (χ0) is 23.3. The number of sulfone groups is 1. The molecule has 172 valence electrons. The summed E-state index contributed by atoms with van der Waals surface area (Å²) < 4.78 is 29.7. The second-order valence-corrected chi connectivity index (χ2v) is 11.0. The van der Waals surface area contributed by atoms with Gasteiger partial charge >= 0.3 is 6.09 Å². The minimum atomic E-state index is -3.71. The van der Waals surface area contributed by atoms with E-state index in [1.807, 2.05) is 0 Å². The molecule has 0 saturated heterocycles. The van der Waals surface area contributed by atoms with Crippen LogP contribution in [0.5, 0.6) is 0 Å². The van der Waals surface area contributed by atoms with Gasteiger partial charge in [0.25, 0.3) is 5.91 Å². The molecule has 10 heteroatoms. The summed E-state index contributed by atoms with van der Waals surface area (Å²) in [6, 6.07) is 8.61. The maximum atomic E-state index is 12.8. The number of benzene rings is 1. The number of alkyl carbamates (subject to hydrolysis) is 1. The van der Waals surface area contributed by atoms with Crippen LogP contribution in [0.3, 0.4) is 0 Å². The molecule has 1 unspecified atom stereocenters. The number of anilines is 1. The Kier molecular flexibility index (Phi) is 7.68. The van der Waals surface area contributed by atoms with E-state index in [1.165, 1.54) is 11.3 Å². The minimum Gasteiger partial charge on any atom is -0.450 e. The number of rotatable bonds is 7. The van der Waals surface area contributed by atoms with Crippen molar-refractivity contribution >= 4 is 44.1 Å². The van der Waals surface area contributed by atoms with Crippen molar-refractivity contribution in [2.45, 2.75) is 38.9 Å². The molecule has 0 fully saturated rings. The molecule has 0 saturated carbocycles. The average Bonchev–Trinajstić information content (AvgIpc) is 3.04. The van der Waals surface area contributed by atoms with Crippen LogP contribution in [-0.2, 0) is 38.0 Å². The molecule has 0 radical (unpaired) electrons. The number of thiophene rings is 1. The van der Waals surface area contributed by atoms with E-state index < -0.39 is 33.5 Å². The number of amides is 3. The van der Waals surface area contributed by atoms with Gasteiger partial charge in [0.05, 0.1) is 17.9 Å². The lowest BCUT2D eigenvalue weighted by Crippen LogP contribution is -2.32. The molecule has 2 aromatic rings. The van der Waals surface area contributed by atoms with Gasteiger partial charge in [0, 0.05) is 4.88 Å². The number of carbonyl (C=O) groups is 3. The standard InChI is InChI=1S/C22H26N2O6S2/c1-3-30-22(27)24-20(26)19-16-10-9-14(2)11-17(16)31-21(19)23-18(25)13-32(28,29)12-15-7-5-4-6-8-15/h4-8,14H,3,9-13H2,1-2H3,(H,23,25)(H,24,26,27). The summed E-state index contributed by atoms with van der Waals surface area (Å²) >= 11 is 1.25. The first kappa shape index (κ1) is 23.9. The van der Waals surface area contributed by atoms with Crippen LogP contribution in [0.25, 0.3) is 0 Å². The Morgan fingerprint density at radius 3 is 2.59 bits per heavy atom. The third kappa shape index (κ3) is 6.17. The highest BCUT2D eigenvalue weighted by Gasteiger charge is 2.30. The predicted molar refractivity (Wildman–Crippen MR) is 123 cm³/mol. The van der Waals surface area contributed by atoms with Gasteiger partial charge in [0.2, 0.25) is 5.91 Å². The first-order valence-electron chi connectivity index (χ1n) is 10.3. The molecule has 1 aliphatic rings. The fourth-order valence-electron chi connectivity index (χ4n) is 3.64. The van der Waals surface area contributed by atoms with Crippen molar-refractivity contribution in [3.8, 4) is 0 Å². The van der Waals surface area contributed by atoms with Crippen molar-refractivity contribution in [2.24, 2.45) is 5.92 Å². The SMILES string of the molecule is CCOC(=O)NC(=O)c1c(NC(=O)CS(=O)(=O)Cc2ccccc2)sc2c1CCC(C)C2. The number of ether oxygens (including phenoxy) is 1. The molecule has 1 aliphatic carbocycles. The average molecular weight is 479 g/mol. The molecule has 0 aliphatic heterocycles. The van der Waals surface area contributed by atoms with E-state index in [9.17, 15) is 22.8 Å². The van der Waals surface area contributed by atoms with Gasteiger partial charge in [-0.2, -0.15) is 0 Å². The molecule has 0 bridgehead atoms. The van der Waals surface area contributed by atoms with E-state index in [0.29, 0.717) is 17.9 Å². The maximum Gasteiger partial charge on any atom is 0.414 e. The Morgan fingerprint density at radius 1 is 1.19 bits per heavy atom. The molecule has 1 aromatic heterocycles. The molecule has 1 heterocycles. The van der Waals surface area contributed by atoms with Gasteiger partial charge in [-0.25, -0.2) is 13.2 Å². The number of hydrogen-bond donors (Lipinski definition) is 2. The highest BCUT2D eigenvalue weighted by Crippen LogP contribution is 2.39. The van der Waals surface area contributed by atoms with Crippen LogP contribution in [0.4, 0.5) is 9.80 Å². The van der Waals surface area contributed by atoms with Crippen molar-refractivity contribution in [2.75, 3.05) is 17.7 Å². The van der Waals surface area contributed by atoms with E-state index >= 15 is 0 Å². The Balaban J connectivity index is 1.79. The first-order valence-corrected chi connectivity index (χ1v) is 13.0. The second kappa shape index (κ2) is 10.3. The van der Waals surface area contributed by atoms with Crippen molar-refractivity contribution in [1.82, 2.24) is 5.32 Å². The largest absolute Gasteiger partial charge is 0.450 e. The molecule has 0 spiro atoms. The highest BCUT2D eigenvalue weighted by atomic mass is 32.2. The van der Waals surface area contributed by atoms with Gasteiger partial charge in [-0.05, 0) is 43.2 Å². The van der Waals surface area contributed by atoms with E-state index in [1.54, 1.807) is 37.3 Å². The van der Waals surface area contributed by atoms with Gasteiger partial charge in [-0.15, -0.1) is 11.3 Å². The van der Waals surface area contributed by atoms with Gasteiger partial charge in [-0.1, -0.05) is 37.3 Å². The fraction of sp³-hybridized carbons (Fsp3) is 0.409. The van der Waals surface area contributed by atoms with Gasteiger partial charge < -0.3 is 10.1 Å². The Hall–Kier alpha value is -2.72. The zero-order valence-corrected chi connectivity index (χ0v) is 19.6. The molecule has 8 nitrogen and oxygen atoms in total. The van der Waals surface area contributed by atoms with E-state index in [-0.39, 0.29) is 22.9 Å². The third-order valence-corrected chi connectivity index (χ3v) is 7.71. The monoisotopic (exact) mass is 478 g/mol. The number of carbonyl (C=O) groups excluding carboxylic acids is 3.